The number of aryl methyl sites for hydroxylation is 1. The molecule has 1 unspecified atom stereocenters. The van der Waals surface area contributed by atoms with Crippen LogP contribution in [0, 0.1) is 18.6 Å². The SMILES string of the molecule is COc1cc(Cl)c(C)cc1NC(=O)C(C)N1CCN(S(=O)(=O)c2cc(F)ccc2F)CC1. The van der Waals surface area contributed by atoms with Gasteiger partial charge < -0.3 is 10.1 Å². The van der Waals surface area contributed by atoms with Crippen molar-refractivity contribution in [1.29, 1.82) is 0 Å². The molecule has 174 valence electrons. The van der Waals surface area contributed by atoms with Crippen LogP contribution in [0.4, 0.5) is 14.5 Å². The van der Waals surface area contributed by atoms with Crippen molar-refractivity contribution in [1.82, 2.24) is 9.21 Å². The molecule has 1 amide bonds. The van der Waals surface area contributed by atoms with E-state index in [-0.39, 0.29) is 32.1 Å². The van der Waals surface area contributed by atoms with Gasteiger partial charge >= 0.3 is 0 Å². The molecule has 0 spiro atoms. The molecule has 3 rings (SSSR count). The number of rotatable bonds is 6. The van der Waals surface area contributed by atoms with Gasteiger partial charge in [-0.2, -0.15) is 4.31 Å². The van der Waals surface area contributed by atoms with E-state index in [1.54, 1.807) is 19.1 Å². The van der Waals surface area contributed by atoms with E-state index >= 15 is 0 Å². The number of methoxy groups -OCH3 is 1. The quantitative estimate of drug-likeness (QED) is 0.676. The van der Waals surface area contributed by atoms with Gasteiger partial charge in [-0.15, -0.1) is 0 Å². The normalized spacial score (nSPS) is 16.6. The van der Waals surface area contributed by atoms with Crippen molar-refractivity contribution in [2.45, 2.75) is 24.8 Å². The smallest absolute Gasteiger partial charge is 0.246 e. The number of benzene rings is 2. The highest BCUT2D eigenvalue weighted by molar-refractivity contribution is 7.89. The number of amides is 1. The van der Waals surface area contributed by atoms with Gasteiger partial charge in [0.05, 0.1) is 18.8 Å². The predicted octanol–water partition coefficient (Wildman–Crippen LogP) is 3.27. The van der Waals surface area contributed by atoms with E-state index in [2.05, 4.69) is 5.32 Å². The van der Waals surface area contributed by atoms with E-state index < -0.39 is 32.6 Å². The minimum absolute atomic E-state index is 0.0410. The molecule has 1 N–H and O–H groups in total. The Labute approximate surface area is 191 Å². The number of anilines is 1. The average molecular weight is 488 g/mol. The lowest BCUT2D eigenvalue weighted by molar-refractivity contribution is -0.121. The Kier molecular flexibility index (Phi) is 7.39. The van der Waals surface area contributed by atoms with Gasteiger partial charge in [-0.05, 0) is 43.7 Å². The predicted molar refractivity (Wildman–Crippen MR) is 118 cm³/mol. The molecule has 2 aromatic rings. The molecule has 7 nitrogen and oxygen atoms in total. The van der Waals surface area contributed by atoms with Gasteiger partial charge in [0.15, 0.2) is 0 Å². The van der Waals surface area contributed by atoms with Crippen LogP contribution < -0.4 is 10.1 Å². The maximum absolute atomic E-state index is 14.0. The number of carbonyl (C=O) groups is 1. The van der Waals surface area contributed by atoms with E-state index in [0.717, 1.165) is 22.0 Å². The first kappa shape index (κ1) is 24.4. The van der Waals surface area contributed by atoms with Gasteiger partial charge in [0.1, 0.15) is 22.3 Å². The summed E-state index contributed by atoms with van der Waals surface area (Å²) in [5, 5.41) is 3.33. The summed E-state index contributed by atoms with van der Waals surface area (Å²) in [6.45, 7) is 4.10. The summed E-state index contributed by atoms with van der Waals surface area (Å²) in [5.41, 5.74) is 1.26. The lowest BCUT2D eigenvalue weighted by Crippen LogP contribution is -2.54. The number of nitrogens with one attached hydrogen (secondary N) is 1. The first-order valence-electron chi connectivity index (χ1n) is 9.89. The molecule has 1 fully saturated rings. The maximum atomic E-state index is 14.0. The number of halogens is 3. The minimum atomic E-state index is -4.19. The lowest BCUT2D eigenvalue weighted by atomic mass is 10.1. The number of ether oxygens (including phenoxy) is 1. The number of carbonyl (C=O) groups excluding carboxylic acids is 1. The highest BCUT2D eigenvalue weighted by Crippen LogP contribution is 2.31. The van der Waals surface area contributed by atoms with Crippen molar-refractivity contribution in [3.05, 3.63) is 52.6 Å². The molecule has 1 aliphatic rings. The number of hydrogen-bond acceptors (Lipinski definition) is 5. The van der Waals surface area contributed by atoms with Crippen molar-refractivity contribution < 1.29 is 26.7 Å². The van der Waals surface area contributed by atoms with Gasteiger partial charge in [0.2, 0.25) is 15.9 Å². The fourth-order valence-electron chi connectivity index (χ4n) is 3.48. The summed E-state index contributed by atoms with van der Waals surface area (Å²) >= 11 is 6.10. The Morgan fingerprint density at radius 1 is 1.16 bits per heavy atom. The zero-order valence-corrected chi connectivity index (χ0v) is 19.4. The Bertz CT molecular complexity index is 1120. The molecule has 0 saturated carbocycles. The van der Waals surface area contributed by atoms with Gasteiger partial charge in [0, 0.05) is 37.3 Å². The maximum Gasteiger partial charge on any atom is 0.246 e. The molecule has 0 radical (unpaired) electrons. The second-order valence-electron chi connectivity index (χ2n) is 7.48. The molecule has 1 saturated heterocycles. The topological polar surface area (TPSA) is 79.0 Å². The summed E-state index contributed by atoms with van der Waals surface area (Å²) in [7, 11) is -2.72. The van der Waals surface area contributed by atoms with Crippen molar-refractivity contribution >= 4 is 33.2 Å². The molecule has 1 atom stereocenters. The van der Waals surface area contributed by atoms with Crippen molar-refractivity contribution in [3.63, 3.8) is 0 Å². The zero-order valence-electron chi connectivity index (χ0n) is 17.9. The van der Waals surface area contributed by atoms with E-state index in [4.69, 9.17) is 16.3 Å². The average Bonchev–Trinajstić information content (AvgIpc) is 2.77. The Morgan fingerprint density at radius 3 is 2.44 bits per heavy atom. The number of piperazine rings is 1. The Morgan fingerprint density at radius 2 is 1.81 bits per heavy atom. The van der Waals surface area contributed by atoms with E-state index in [1.165, 1.54) is 7.11 Å². The molecule has 0 aromatic heterocycles. The van der Waals surface area contributed by atoms with E-state index in [0.29, 0.717) is 22.5 Å². The van der Waals surface area contributed by atoms with Crippen molar-refractivity contribution in [2.75, 3.05) is 38.6 Å². The van der Waals surface area contributed by atoms with Gasteiger partial charge in [-0.25, -0.2) is 17.2 Å². The highest BCUT2D eigenvalue weighted by atomic mass is 35.5. The summed E-state index contributed by atoms with van der Waals surface area (Å²) in [6, 6.07) is 5.10. The molecule has 1 aliphatic heterocycles. The molecule has 0 aliphatic carbocycles. The van der Waals surface area contributed by atoms with Crippen molar-refractivity contribution in [2.24, 2.45) is 0 Å². The van der Waals surface area contributed by atoms with Gasteiger partial charge in [-0.3, -0.25) is 9.69 Å². The molecule has 0 bridgehead atoms. The minimum Gasteiger partial charge on any atom is -0.495 e. The van der Waals surface area contributed by atoms with E-state index in [1.807, 2.05) is 11.8 Å². The first-order valence-corrected chi connectivity index (χ1v) is 11.7. The van der Waals surface area contributed by atoms with Crippen LogP contribution in [0.15, 0.2) is 35.2 Å². The Balaban J connectivity index is 1.67. The summed E-state index contributed by atoms with van der Waals surface area (Å²) in [5.74, 6) is -1.71. The van der Waals surface area contributed by atoms with E-state index in [9.17, 15) is 22.0 Å². The fraction of sp³-hybridized carbons (Fsp3) is 0.381. The molecular weight excluding hydrogens is 464 g/mol. The summed E-state index contributed by atoms with van der Waals surface area (Å²) in [4.78, 5) is 13.9. The highest BCUT2D eigenvalue weighted by Gasteiger charge is 2.33. The monoisotopic (exact) mass is 487 g/mol. The van der Waals surface area contributed by atoms with Crippen LogP contribution in [0.25, 0.3) is 0 Å². The van der Waals surface area contributed by atoms with Crippen LogP contribution in [-0.4, -0.2) is 62.9 Å². The second kappa shape index (κ2) is 9.70. The lowest BCUT2D eigenvalue weighted by Gasteiger charge is -2.36. The van der Waals surface area contributed by atoms with Gasteiger partial charge in [-0.1, -0.05) is 11.6 Å². The van der Waals surface area contributed by atoms with Crippen LogP contribution in [0.5, 0.6) is 5.75 Å². The van der Waals surface area contributed by atoms with Crippen LogP contribution in [0.3, 0.4) is 0 Å². The van der Waals surface area contributed by atoms with Crippen LogP contribution in [0.1, 0.15) is 12.5 Å². The Hall–Kier alpha value is -2.27. The largest absolute Gasteiger partial charge is 0.495 e. The molecular formula is C21H24ClF2N3O4S. The van der Waals surface area contributed by atoms with Gasteiger partial charge in [0.25, 0.3) is 0 Å². The van der Waals surface area contributed by atoms with Crippen molar-refractivity contribution in [3.8, 4) is 5.75 Å². The molecule has 11 heteroatoms. The summed E-state index contributed by atoms with van der Waals surface area (Å²) in [6.07, 6.45) is 0. The molecule has 2 aromatic carbocycles. The second-order valence-corrected chi connectivity index (χ2v) is 9.80. The van der Waals surface area contributed by atoms with Crippen LogP contribution in [-0.2, 0) is 14.8 Å². The standard InChI is InChI=1S/C21H24ClF2N3O4S/c1-13-10-18(19(31-3)12-16(13)22)25-21(28)14(2)26-6-8-27(9-7-26)32(29,30)20-11-15(23)4-5-17(20)24/h4-5,10-12,14H,6-9H2,1-3H3,(H,25,28). The zero-order chi connectivity index (χ0) is 23.6. The summed E-state index contributed by atoms with van der Waals surface area (Å²) < 4.78 is 59.3. The number of hydrogen-bond donors (Lipinski definition) is 1. The fourth-order valence-corrected chi connectivity index (χ4v) is 5.13. The third-order valence-corrected chi connectivity index (χ3v) is 7.77. The van der Waals surface area contributed by atoms with Crippen LogP contribution in [0.2, 0.25) is 5.02 Å². The third kappa shape index (κ3) is 5.03. The molecule has 32 heavy (non-hydrogen) atoms. The van der Waals surface area contributed by atoms with Crippen LogP contribution >= 0.6 is 11.6 Å². The number of nitrogens with zero attached hydrogens (tertiary/aromatic N) is 2. The number of sulfonamides is 1. The third-order valence-electron chi connectivity index (χ3n) is 5.45. The first-order chi connectivity index (χ1) is 15.0. The molecule has 1 heterocycles.